The minimum Gasteiger partial charge on any atom is -0.298 e. The van der Waals surface area contributed by atoms with Crippen molar-refractivity contribution in [3.05, 3.63) is 17.5 Å². The maximum atomic E-state index is 3.32. The van der Waals surface area contributed by atoms with Gasteiger partial charge >= 0.3 is 0 Å². The molecule has 0 unspecified atom stereocenters. The van der Waals surface area contributed by atoms with Crippen molar-refractivity contribution in [3.63, 3.8) is 0 Å². The van der Waals surface area contributed by atoms with Gasteiger partial charge in [0.25, 0.3) is 0 Å². The molecule has 1 heteroatoms. The highest BCUT2D eigenvalue weighted by Gasteiger charge is 1.98. The van der Waals surface area contributed by atoms with Crippen molar-refractivity contribution in [3.8, 4) is 0 Å². The average Bonchev–Trinajstić information content (AvgIpc) is 1.88. The van der Waals surface area contributed by atoms with Gasteiger partial charge in [-0.25, -0.2) is 0 Å². The van der Waals surface area contributed by atoms with Crippen LogP contribution in [0.15, 0.2) is 17.5 Å². The first-order valence-electron chi connectivity index (χ1n) is 4.26. The first-order valence-corrected chi connectivity index (χ1v) is 4.26. The van der Waals surface area contributed by atoms with Gasteiger partial charge in [-0.05, 0) is 18.4 Å². The summed E-state index contributed by atoms with van der Waals surface area (Å²) in [4.78, 5) is 0. The van der Waals surface area contributed by atoms with Crippen LogP contribution in [-0.2, 0) is 0 Å². The lowest BCUT2D eigenvalue weighted by molar-refractivity contribution is -0.817. The molecule has 11 heavy (non-hydrogen) atoms. The molecule has 64 valence electrons. The Morgan fingerprint density at radius 1 is 1.18 bits per heavy atom. The number of allylic oxidation sites excluding steroid dienone is 1. The van der Waals surface area contributed by atoms with Gasteiger partial charge in [0.2, 0.25) is 0 Å². The molecule has 0 aliphatic rings. The molecule has 1 nitrogen and oxygen atoms in total. The number of quaternary nitrogens is 1. The minimum absolute atomic E-state index is 0.851. The van der Waals surface area contributed by atoms with Gasteiger partial charge in [0.15, 0.2) is 0 Å². The average molecular weight is 154 g/mol. The van der Waals surface area contributed by atoms with Crippen molar-refractivity contribution in [1.82, 2.24) is 0 Å². The molecule has 0 atom stereocenters. The van der Waals surface area contributed by atoms with Gasteiger partial charge in [0.05, 0.1) is 21.1 Å². The van der Waals surface area contributed by atoms with E-state index in [1.165, 1.54) is 5.57 Å². The summed E-state index contributed by atoms with van der Waals surface area (Å²) in [5.41, 5.74) is 4.72. The molecule has 0 heterocycles. The molecular formula is C10H20N+. The van der Waals surface area contributed by atoms with Crippen molar-refractivity contribution in [1.29, 1.82) is 0 Å². The van der Waals surface area contributed by atoms with E-state index < -0.39 is 0 Å². The number of rotatable bonds is 3. The molecule has 0 aliphatic carbocycles. The van der Waals surface area contributed by atoms with Crippen molar-refractivity contribution in [2.75, 3.05) is 21.1 Å². The zero-order valence-electron chi connectivity index (χ0n) is 8.44. The third-order valence-corrected chi connectivity index (χ3v) is 1.51. The summed E-state index contributed by atoms with van der Waals surface area (Å²) in [6, 6.07) is 0. The summed E-state index contributed by atoms with van der Waals surface area (Å²) in [6.45, 7) is 4.35. The minimum atomic E-state index is 0.851. The summed E-state index contributed by atoms with van der Waals surface area (Å²) >= 11 is 0. The van der Waals surface area contributed by atoms with Crippen molar-refractivity contribution in [2.45, 2.75) is 26.7 Å². The maximum Gasteiger partial charge on any atom is 0.138 e. The number of hydrogen-bond donors (Lipinski definition) is 0. The van der Waals surface area contributed by atoms with Gasteiger partial charge in [0.1, 0.15) is 6.20 Å². The fourth-order valence-corrected chi connectivity index (χ4v) is 0.739. The van der Waals surface area contributed by atoms with Gasteiger partial charge < -0.3 is 0 Å². The van der Waals surface area contributed by atoms with E-state index in [4.69, 9.17) is 0 Å². The van der Waals surface area contributed by atoms with E-state index in [0.717, 1.165) is 17.3 Å². The van der Waals surface area contributed by atoms with Crippen LogP contribution < -0.4 is 0 Å². The molecule has 0 aromatic rings. The zero-order valence-corrected chi connectivity index (χ0v) is 8.44. The molecule has 0 rings (SSSR count). The van der Waals surface area contributed by atoms with Gasteiger partial charge in [0, 0.05) is 0 Å². The van der Waals surface area contributed by atoms with Gasteiger partial charge in [-0.15, -0.1) is 0 Å². The summed E-state index contributed by atoms with van der Waals surface area (Å²) in [7, 11) is 6.40. The van der Waals surface area contributed by atoms with Crippen LogP contribution in [0.3, 0.4) is 0 Å². The molecule has 0 amide bonds. The Morgan fingerprint density at radius 3 is 1.91 bits per heavy atom. The highest BCUT2D eigenvalue weighted by atomic mass is 15.3. The van der Waals surface area contributed by atoms with Crippen LogP contribution in [-0.4, -0.2) is 25.6 Å². The number of hydrogen-bond acceptors (Lipinski definition) is 0. The molecule has 0 spiro atoms. The standard InChI is InChI=1S/C10H20N/c1-6-10(7-2)8-9-11(3,4)5/h9H,6-7H2,1-5H3/q+1. The van der Waals surface area contributed by atoms with E-state index >= 15 is 0 Å². The fourth-order valence-electron chi connectivity index (χ4n) is 0.739. The second-order valence-corrected chi connectivity index (χ2v) is 3.70. The molecule has 0 radical (unpaired) electrons. The normalized spacial score (nSPS) is 10.6. The maximum absolute atomic E-state index is 3.32. The van der Waals surface area contributed by atoms with Crippen molar-refractivity contribution in [2.24, 2.45) is 0 Å². The van der Waals surface area contributed by atoms with Gasteiger partial charge in [-0.1, -0.05) is 19.6 Å². The van der Waals surface area contributed by atoms with Crippen molar-refractivity contribution >= 4 is 0 Å². The highest BCUT2D eigenvalue weighted by molar-refractivity contribution is 4.97. The molecule has 0 saturated carbocycles. The summed E-state index contributed by atoms with van der Waals surface area (Å²) in [5.74, 6) is 0. The lowest BCUT2D eigenvalue weighted by Gasteiger charge is -2.15. The summed E-state index contributed by atoms with van der Waals surface area (Å²) < 4.78 is 0.851. The van der Waals surface area contributed by atoms with Crippen LogP contribution >= 0.6 is 0 Å². The van der Waals surface area contributed by atoms with Crippen LogP contribution in [0.25, 0.3) is 0 Å². The Balaban J connectivity index is 4.36. The predicted molar refractivity (Wildman–Crippen MR) is 50.2 cm³/mol. The Hall–Kier alpha value is -0.520. The molecule has 0 fully saturated rings. The second-order valence-electron chi connectivity index (χ2n) is 3.70. The van der Waals surface area contributed by atoms with Crippen LogP contribution in [0.5, 0.6) is 0 Å². The van der Waals surface area contributed by atoms with Crippen LogP contribution in [0, 0.1) is 0 Å². The first kappa shape index (κ1) is 10.5. The van der Waals surface area contributed by atoms with Gasteiger partial charge in [-0.2, -0.15) is 0 Å². The summed E-state index contributed by atoms with van der Waals surface area (Å²) in [5, 5.41) is 0. The number of nitrogens with zero attached hydrogens (tertiary/aromatic N) is 1. The third-order valence-electron chi connectivity index (χ3n) is 1.51. The SMILES string of the molecule is CCC(=C=C[N+](C)(C)C)CC. The molecule has 0 aromatic carbocycles. The monoisotopic (exact) mass is 154 g/mol. The first-order chi connectivity index (χ1) is 4.99. The lowest BCUT2D eigenvalue weighted by atomic mass is 10.2. The van der Waals surface area contributed by atoms with E-state index in [0.29, 0.717) is 0 Å². The molecular weight excluding hydrogens is 134 g/mol. The molecule has 0 aliphatic heterocycles. The van der Waals surface area contributed by atoms with Crippen LogP contribution in [0.2, 0.25) is 0 Å². The van der Waals surface area contributed by atoms with Crippen LogP contribution in [0.1, 0.15) is 26.7 Å². The topological polar surface area (TPSA) is 0 Å². The Kier molecular flexibility index (Phi) is 4.17. The smallest absolute Gasteiger partial charge is 0.138 e. The zero-order chi connectivity index (χ0) is 8.91. The van der Waals surface area contributed by atoms with E-state index in [2.05, 4.69) is 46.9 Å². The molecule has 0 saturated heterocycles. The fraction of sp³-hybridized carbons (Fsp3) is 0.700. The summed E-state index contributed by atoms with van der Waals surface area (Å²) in [6.07, 6.45) is 4.34. The quantitative estimate of drug-likeness (QED) is 0.433. The third kappa shape index (κ3) is 5.90. The lowest BCUT2D eigenvalue weighted by Crippen LogP contribution is -2.26. The highest BCUT2D eigenvalue weighted by Crippen LogP contribution is 2.03. The van der Waals surface area contributed by atoms with E-state index in [1.54, 1.807) is 0 Å². The molecule has 0 N–H and O–H groups in total. The van der Waals surface area contributed by atoms with Crippen LogP contribution in [0.4, 0.5) is 0 Å². The Labute approximate surface area is 70.6 Å². The molecule has 0 bridgehead atoms. The Bertz CT molecular complexity index is 160. The van der Waals surface area contributed by atoms with E-state index in [9.17, 15) is 0 Å². The van der Waals surface area contributed by atoms with Crippen molar-refractivity contribution < 1.29 is 4.48 Å². The van der Waals surface area contributed by atoms with E-state index in [-0.39, 0.29) is 0 Å². The second kappa shape index (κ2) is 4.38. The van der Waals surface area contributed by atoms with Gasteiger partial charge in [-0.3, -0.25) is 4.48 Å². The largest absolute Gasteiger partial charge is 0.298 e. The molecule has 0 aromatic heterocycles. The predicted octanol–water partition coefficient (Wildman–Crippen LogP) is 2.55. The Morgan fingerprint density at radius 2 is 1.64 bits per heavy atom. The van der Waals surface area contributed by atoms with E-state index in [1.807, 2.05) is 0 Å².